The molecule has 0 spiro atoms. The SMILES string of the molecule is CN=C(NCCS(=O)Cc1ccccc1)NCc1ccccc1OC(F)F. The summed E-state index contributed by atoms with van der Waals surface area (Å²) in [5, 5.41) is 6.11. The van der Waals surface area contributed by atoms with E-state index in [-0.39, 0.29) is 12.3 Å². The molecule has 27 heavy (non-hydrogen) atoms. The van der Waals surface area contributed by atoms with Crippen molar-refractivity contribution >= 4 is 16.8 Å². The van der Waals surface area contributed by atoms with E-state index in [2.05, 4.69) is 20.4 Å². The topological polar surface area (TPSA) is 62.7 Å². The zero-order chi connectivity index (χ0) is 19.5. The number of hydrogen-bond acceptors (Lipinski definition) is 3. The summed E-state index contributed by atoms with van der Waals surface area (Å²) in [6.45, 7) is -2.12. The number of hydrogen-bond donors (Lipinski definition) is 2. The van der Waals surface area contributed by atoms with Gasteiger partial charge in [0, 0.05) is 48.0 Å². The molecule has 0 fully saturated rings. The minimum atomic E-state index is -2.87. The van der Waals surface area contributed by atoms with Crippen LogP contribution in [0.15, 0.2) is 59.6 Å². The number of nitrogens with one attached hydrogen (secondary N) is 2. The van der Waals surface area contributed by atoms with Crippen LogP contribution in [0.4, 0.5) is 8.78 Å². The number of benzene rings is 2. The second kappa shape index (κ2) is 11.3. The summed E-state index contributed by atoms with van der Waals surface area (Å²) in [6, 6.07) is 16.2. The number of halogens is 2. The second-order valence-corrected chi connectivity index (χ2v) is 7.19. The van der Waals surface area contributed by atoms with Gasteiger partial charge in [-0.05, 0) is 11.6 Å². The molecule has 0 saturated heterocycles. The Kier molecular flexibility index (Phi) is 8.70. The zero-order valence-electron chi connectivity index (χ0n) is 15.0. The van der Waals surface area contributed by atoms with Crippen molar-refractivity contribution in [1.29, 1.82) is 0 Å². The van der Waals surface area contributed by atoms with Crippen LogP contribution in [0.25, 0.3) is 0 Å². The largest absolute Gasteiger partial charge is 0.434 e. The molecule has 5 nitrogen and oxygen atoms in total. The summed E-state index contributed by atoms with van der Waals surface area (Å²) in [4.78, 5) is 4.08. The highest BCUT2D eigenvalue weighted by Gasteiger charge is 2.09. The Morgan fingerprint density at radius 1 is 1.11 bits per heavy atom. The maximum absolute atomic E-state index is 12.5. The van der Waals surface area contributed by atoms with E-state index in [0.717, 1.165) is 5.56 Å². The van der Waals surface area contributed by atoms with Gasteiger partial charge in [-0.25, -0.2) is 0 Å². The third kappa shape index (κ3) is 7.74. The first kappa shape index (κ1) is 20.8. The van der Waals surface area contributed by atoms with E-state index < -0.39 is 17.4 Å². The van der Waals surface area contributed by atoms with Crippen molar-refractivity contribution in [2.45, 2.75) is 18.9 Å². The maximum atomic E-state index is 12.5. The van der Waals surface area contributed by atoms with Gasteiger partial charge >= 0.3 is 6.61 Å². The van der Waals surface area contributed by atoms with E-state index in [1.165, 1.54) is 6.07 Å². The van der Waals surface area contributed by atoms with E-state index in [4.69, 9.17) is 0 Å². The highest BCUT2D eigenvalue weighted by atomic mass is 32.2. The normalized spacial score (nSPS) is 12.7. The molecule has 2 N–H and O–H groups in total. The molecule has 0 aliphatic heterocycles. The van der Waals surface area contributed by atoms with Gasteiger partial charge < -0.3 is 15.4 Å². The fourth-order valence-corrected chi connectivity index (χ4v) is 3.41. The summed E-state index contributed by atoms with van der Waals surface area (Å²) < 4.78 is 41.6. The van der Waals surface area contributed by atoms with E-state index in [1.54, 1.807) is 25.2 Å². The van der Waals surface area contributed by atoms with Crippen LogP contribution in [0, 0.1) is 0 Å². The molecule has 8 heteroatoms. The summed E-state index contributed by atoms with van der Waals surface area (Å²) in [5.74, 6) is 1.60. The Morgan fingerprint density at radius 3 is 2.52 bits per heavy atom. The summed E-state index contributed by atoms with van der Waals surface area (Å²) in [7, 11) is 0.621. The minimum absolute atomic E-state index is 0.124. The Morgan fingerprint density at radius 2 is 1.81 bits per heavy atom. The van der Waals surface area contributed by atoms with Crippen LogP contribution in [0.5, 0.6) is 5.75 Å². The average Bonchev–Trinajstić information content (AvgIpc) is 2.66. The van der Waals surface area contributed by atoms with Crippen molar-refractivity contribution < 1.29 is 17.7 Å². The van der Waals surface area contributed by atoms with Gasteiger partial charge in [-0.15, -0.1) is 0 Å². The van der Waals surface area contributed by atoms with Crippen LogP contribution in [0.1, 0.15) is 11.1 Å². The van der Waals surface area contributed by atoms with E-state index in [1.807, 2.05) is 30.3 Å². The van der Waals surface area contributed by atoms with Crippen molar-refractivity contribution in [3.63, 3.8) is 0 Å². The molecule has 2 aromatic carbocycles. The van der Waals surface area contributed by atoms with Gasteiger partial charge in [0.2, 0.25) is 0 Å². The molecule has 0 aromatic heterocycles. The molecule has 1 atom stereocenters. The molecular weight excluding hydrogens is 372 g/mol. The second-order valence-electron chi connectivity index (χ2n) is 5.61. The molecule has 0 aliphatic carbocycles. The first-order chi connectivity index (χ1) is 13.1. The van der Waals surface area contributed by atoms with Crippen molar-refractivity contribution in [2.24, 2.45) is 4.99 Å². The molecule has 1 unspecified atom stereocenters. The van der Waals surface area contributed by atoms with E-state index in [9.17, 15) is 13.0 Å². The average molecular weight is 395 g/mol. The Hall–Kier alpha value is -2.48. The lowest BCUT2D eigenvalue weighted by molar-refractivity contribution is -0.0504. The molecule has 2 rings (SSSR count). The number of rotatable bonds is 9. The highest BCUT2D eigenvalue weighted by molar-refractivity contribution is 7.84. The quantitative estimate of drug-likeness (QED) is 0.506. The van der Waals surface area contributed by atoms with Crippen molar-refractivity contribution in [2.75, 3.05) is 19.3 Å². The summed E-state index contributed by atoms with van der Waals surface area (Å²) >= 11 is 0. The predicted molar refractivity (Wildman–Crippen MR) is 104 cm³/mol. The molecule has 0 aliphatic rings. The van der Waals surface area contributed by atoms with E-state index in [0.29, 0.717) is 29.6 Å². The van der Waals surface area contributed by atoms with Gasteiger partial charge in [-0.1, -0.05) is 48.5 Å². The third-order valence-corrected chi connectivity index (χ3v) is 4.97. The van der Waals surface area contributed by atoms with Crippen LogP contribution in [0.3, 0.4) is 0 Å². The summed E-state index contributed by atoms with van der Waals surface area (Å²) in [6.07, 6.45) is 0. The van der Waals surface area contributed by atoms with E-state index >= 15 is 0 Å². The highest BCUT2D eigenvalue weighted by Crippen LogP contribution is 2.19. The van der Waals surface area contributed by atoms with Crippen LogP contribution >= 0.6 is 0 Å². The van der Waals surface area contributed by atoms with Gasteiger partial charge in [0.25, 0.3) is 0 Å². The van der Waals surface area contributed by atoms with Crippen LogP contribution in [-0.2, 0) is 23.1 Å². The first-order valence-electron chi connectivity index (χ1n) is 8.44. The molecule has 2 aromatic rings. The molecule has 0 radical (unpaired) electrons. The third-order valence-electron chi connectivity index (χ3n) is 3.65. The Balaban J connectivity index is 1.77. The Labute approximate surface area is 160 Å². The number of guanidine groups is 1. The predicted octanol–water partition coefficient (Wildman–Crippen LogP) is 2.90. The summed E-state index contributed by atoms with van der Waals surface area (Å²) in [5.41, 5.74) is 1.63. The molecule has 0 bridgehead atoms. The number of aliphatic imine (C=N–C) groups is 1. The van der Waals surface area contributed by atoms with Gasteiger partial charge in [0.15, 0.2) is 5.96 Å². The number of ether oxygens (including phenoxy) is 1. The van der Waals surface area contributed by atoms with Crippen molar-refractivity contribution in [3.8, 4) is 5.75 Å². The lowest BCUT2D eigenvalue weighted by Gasteiger charge is -2.14. The number of para-hydroxylation sites is 1. The molecule has 0 saturated carbocycles. The number of alkyl halides is 2. The first-order valence-corrected chi connectivity index (χ1v) is 9.93. The maximum Gasteiger partial charge on any atom is 0.387 e. The lowest BCUT2D eigenvalue weighted by atomic mass is 10.2. The van der Waals surface area contributed by atoms with Crippen molar-refractivity contribution in [3.05, 3.63) is 65.7 Å². The molecule has 0 amide bonds. The molecule has 146 valence electrons. The van der Waals surface area contributed by atoms with Crippen LogP contribution in [0.2, 0.25) is 0 Å². The molecular formula is C19H23F2N3O2S. The zero-order valence-corrected chi connectivity index (χ0v) is 15.8. The number of nitrogens with zero attached hydrogens (tertiary/aromatic N) is 1. The minimum Gasteiger partial charge on any atom is -0.434 e. The standard InChI is InChI=1S/C19H23F2N3O2S/c1-22-19(23-11-12-27(25)14-15-7-3-2-4-8-15)24-13-16-9-5-6-10-17(16)26-18(20)21/h2-10,18H,11-14H2,1H3,(H2,22,23,24). The van der Waals surface area contributed by atoms with Gasteiger partial charge in [0.05, 0.1) is 0 Å². The van der Waals surface area contributed by atoms with Gasteiger partial charge in [0.1, 0.15) is 5.75 Å². The monoisotopic (exact) mass is 395 g/mol. The van der Waals surface area contributed by atoms with Crippen molar-refractivity contribution in [1.82, 2.24) is 10.6 Å². The van der Waals surface area contributed by atoms with Crippen LogP contribution < -0.4 is 15.4 Å². The fourth-order valence-electron chi connectivity index (χ4n) is 2.38. The van der Waals surface area contributed by atoms with Gasteiger partial charge in [-0.2, -0.15) is 8.78 Å². The van der Waals surface area contributed by atoms with Gasteiger partial charge in [-0.3, -0.25) is 9.20 Å². The fraction of sp³-hybridized carbons (Fsp3) is 0.316. The van der Waals surface area contributed by atoms with Crippen LogP contribution in [-0.4, -0.2) is 36.1 Å². The Bertz CT molecular complexity index is 758. The molecule has 0 heterocycles. The smallest absolute Gasteiger partial charge is 0.387 e. The lowest BCUT2D eigenvalue weighted by Crippen LogP contribution is -2.38.